The van der Waals surface area contributed by atoms with E-state index in [0.29, 0.717) is 4.88 Å². The Kier molecular flexibility index (Phi) is 6.36. The molecule has 4 nitrogen and oxygen atoms in total. The quantitative estimate of drug-likeness (QED) is 0.708. The van der Waals surface area contributed by atoms with Crippen LogP contribution in [0, 0.1) is 0 Å². The Morgan fingerprint density at radius 2 is 2.09 bits per heavy atom. The summed E-state index contributed by atoms with van der Waals surface area (Å²) >= 11 is 4.83. The fourth-order valence-corrected chi connectivity index (χ4v) is 3.39. The van der Waals surface area contributed by atoms with Crippen molar-refractivity contribution in [2.45, 2.75) is 25.8 Å². The number of hydrogen-bond donors (Lipinski definition) is 1. The first kappa shape index (κ1) is 17.7. The third kappa shape index (κ3) is 4.91. The van der Waals surface area contributed by atoms with Gasteiger partial charge in [-0.05, 0) is 52.0 Å². The number of methoxy groups -OCH3 is 1. The summed E-state index contributed by atoms with van der Waals surface area (Å²) in [5.41, 5.74) is 0.968. The fourth-order valence-electron chi connectivity index (χ4n) is 2.14. The van der Waals surface area contributed by atoms with E-state index < -0.39 is 0 Å². The minimum absolute atomic E-state index is 0.00925. The Balaban J connectivity index is 1.87. The van der Waals surface area contributed by atoms with Gasteiger partial charge in [0.15, 0.2) is 5.78 Å². The Hall–Kier alpha value is -1.66. The van der Waals surface area contributed by atoms with E-state index in [-0.39, 0.29) is 30.6 Å². The molecule has 1 aromatic heterocycles. The number of ketones is 1. The molecule has 0 unspecified atom stereocenters. The van der Waals surface area contributed by atoms with E-state index in [1.54, 1.807) is 13.2 Å². The average Bonchev–Trinajstić information content (AvgIpc) is 3.07. The molecule has 0 aliphatic carbocycles. The van der Waals surface area contributed by atoms with Gasteiger partial charge in [0.25, 0.3) is 0 Å². The van der Waals surface area contributed by atoms with E-state index in [1.165, 1.54) is 11.3 Å². The Morgan fingerprint density at radius 3 is 2.70 bits per heavy atom. The van der Waals surface area contributed by atoms with E-state index in [0.717, 1.165) is 15.8 Å². The number of benzene rings is 1. The van der Waals surface area contributed by atoms with Gasteiger partial charge in [-0.2, -0.15) is 0 Å². The normalized spacial score (nSPS) is 11.8. The SMILES string of the molecule is COc1ccc([C@@H](C)NC(=O)CCC(=O)c2cccs2)cc1Br. The molecule has 1 heterocycles. The Bertz CT molecular complexity index is 685. The maximum absolute atomic E-state index is 12.0. The van der Waals surface area contributed by atoms with Crippen LogP contribution < -0.4 is 10.1 Å². The van der Waals surface area contributed by atoms with Gasteiger partial charge in [0, 0.05) is 12.8 Å². The molecule has 0 saturated carbocycles. The molecule has 0 aliphatic rings. The van der Waals surface area contributed by atoms with Gasteiger partial charge in [-0.15, -0.1) is 11.3 Å². The summed E-state index contributed by atoms with van der Waals surface area (Å²) in [6, 6.07) is 9.15. The van der Waals surface area contributed by atoms with Gasteiger partial charge >= 0.3 is 0 Å². The second-order valence-corrected chi connectivity index (χ2v) is 6.89. The predicted molar refractivity (Wildman–Crippen MR) is 95.1 cm³/mol. The predicted octanol–water partition coefficient (Wildman–Crippen LogP) is 4.36. The van der Waals surface area contributed by atoms with Gasteiger partial charge in [0.2, 0.25) is 5.91 Å². The van der Waals surface area contributed by atoms with Crippen LogP contribution in [0.5, 0.6) is 5.75 Å². The van der Waals surface area contributed by atoms with Gasteiger partial charge < -0.3 is 10.1 Å². The molecular formula is C17H18BrNO3S. The van der Waals surface area contributed by atoms with Crippen LogP contribution in [0.1, 0.15) is 41.0 Å². The molecule has 0 saturated heterocycles. The van der Waals surface area contributed by atoms with Crippen LogP contribution >= 0.6 is 27.3 Å². The van der Waals surface area contributed by atoms with Crippen molar-refractivity contribution in [3.8, 4) is 5.75 Å². The molecule has 6 heteroatoms. The summed E-state index contributed by atoms with van der Waals surface area (Å²) in [6.45, 7) is 1.91. The molecule has 1 N–H and O–H groups in total. The van der Waals surface area contributed by atoms with Crippen molar-refractivity contribution >= 4 is 39.0 Å². The van der Waals surface area contributed by atoms with Gasteiger partial charge in [-0.25, -0.2) is 0 Å². The van der Waals surface area contributed by atoms with E-state index in [4.69, 9.17) is 4.74 Å². The number of hydrogen-bond acceptors (Lipinski definition) is 4. The topological polar surface area (TPSA) is 55.4 Å². The van der Waals surface area contributed by atoms with Crippen molar-refractivity contribution in [1.82, 2.24) is 5.32 Å². The zero-order chi connectivity index (χ0) is 16.8. The molecule has 23 heavy (non-hydrogen) atoms. The number of thiophene rings is 1. The van der Waals surface area contributed by atoms with E-state index in [2.05, 4.69) is 21.2 Å². The van der Waals surface area contributed by atoms with Gasteiger partial charge in [-0.3, -0.25) is 9.59 Å². The highest BCUT2D eigenvalue weighted by atomic mass is 79.9. The second kappa shape index (κ2) is 8.26. The minimum Gasteiger partial charge on any atom is -0.496 e. The highest BCUT2D eigenvalue weighted by Crippen LogP contribution is 2.28. The van der Waals surface area contributed by atoms with Crippen LogP contribution in [0.25, 0.3) is 0 Å². The van der Waals surface area contributed by atoms with Crippen molar-refractivity contribution in [1.29, 1.82) is 0 Å². The number of Topliss-reactive ketones (excluding diaryl/α,β-unsaturated/α-hetero) is 1. The van der Waals surface area contributed by atoms with Crippen LogP contribution in [0.2, 0.25) is 0 Å². The number of halogens is 1. The number of carbonyl (C=O) groups is 2. The zero-order valence-electron chi connectivity index (χ0n) is 13.0. The van der Waals surface area contributed by atoms with Gasteiger partial charge in [0.1, 0.15) is 5.75 Å². The molecule has 1 amide bonds. The number of nitrogens with one attached hydrogen (secondary N) is 1. The molecule has 122 valence electrons. The first-order valence-corrected chi connectivity index (χ1v) is 8.88. The van der Waals surface area contributed by atoms with E-state index in [1.807, 2.05) is 36.6 Å². The first-order chi connectivity index (χ1) is 11.0. The van der Waals surface area contributed by atoms with Crippen LogP contribution in [-0.2, 0) is 4.79 Å². The molecule has 0 radical (unpaired) electrons. The molecule has 0 spiro atoms. The maximum atomic E-state index is 12.0. The van der Waals surface area contributed by atoms with Crippen molar-refractivity contribution in [3.05, 3.63) is 50.6 Å². The number of ether oxygens (including phenoxy) is 1. The number of amides is 1. The lowest BCUT2D eigenvalue weighted by Crippen LogP contribution is -2.26. The van der Waals surface area contributed by atoms with Gasteiger partial charge in [0.05, 0.1) is 22.5 Å². The molecule has 1 atom stereocenters. The van der Waals surface area contributed by atoms with Crippen molar-refractivity contribution < 1.29 is 14.3 Å². The Labute approximate surface area is 148 Å². The van der Waals surface area contributed by atoms with Gasteiger partial charge in [-0.1, -0.05) is 12.1 Å². The molecule has 0 aliphatic heterocycles. The Morgan fingerprint density at radius 1 is 1.30 bits per heavy atom. The summed E-state index contributed by atoms with van der Waals surface area (Å²) in [4.78, 5) is 24.6. The highest BCUT2D eigenvalue weighted by Gasteiger charge is 2.14. The lowest BCUT2D eigenvalue weighted by atomic mass is 10.1. The summed E-state index contributed by atoms with van der Waals surface area (Å²) in [6.07, 6.45) is 0.420. The van der Waals surface area contributed by atoms with Crippen molar-refractivity contribution in [2.24, 2.45) is 0 Å². The summed E-state index contributed by atoms with van der Waals surface area (Å²) in [7, 11) is 1.61. The lowest BCUT2D eigenvalue weighted by Gasteiger charge is -2.15. The average molecular weight is 396 g/mol. The largest absolute Gasteiger partial charge is 0.496 e. The van der Waals surface area contributed by atoms with E-state index >= 15 is 0 Å². The third-order valence-corrected chi connectivity index (χ3v) is 4.96. The number of carbonyl (C=O) groups excluding carboxylic acids is 2. The van der Waals surface area contributed by atoms with Crippen LogP contribution in [0.15, 0.2) is 40.2 Å². The van der Waals surface area contributed by atoms with E-state index in [9.17, 15) is 9.59 Å². The lowest BCUT2D eigenvalue weighted by molar-refractivity contribution is -0.121. The van der Waals surface area contributed by atoms with Crippen molar-refractivity contribution in [2.75, 3.05) is 7.11 Å². The molecular weight excluding hydrogens is 378 g/mol. The zero-order valence-corrected chi connectivity index (χ0v) is 15.4. The maximum Gasteiger partial charge on any atom is 0.220 e. The number of rotatable bonds is 7. The summed E-state index contributed by atoms with van der Waals surface area (Å²) in [5.74, 6) is 0.623. The van der Waals surface area contributed by atoms with Crippen LogP contribution in [-0.4, -0.2) is 18.8 Å². The van der Waals surface area contributed by atoms with Crippen LogP contribution in [0.3, 0.4) is 0 Å². The molecule has 1 aromatic carbocycles. The smallest absolute Gasteiger partial charge is 0.220 e. The third-order valence-electron chi connectivity index (χ3n) is 3.43. The van der Waals surface area contributed by atoms with Crippen molar-refractivity contribution in [3.63, 3.8) is 0 Å². The first-order valence-electron chi connectivity index (χ1n) is 7.20. The van der Waals surface area contributed by atoms with Crippen LogP contribution in [0.4, 0.5) is 0 Å². The summed E-state index contributed by atoms with van der Waals surface area (Å²) in [5, 5.41) is 4.77. The molecule has 2 aromatic rings. The highest BCUT2D eigenvalue weighted by molar-refractivity contribution is 9.10. The fraction of sp³-hybridized carbons (Fsp3) is 0.294. The minimum atomic E-state index is -0.137. The molecule has 0 fully saturated rings. The second-order valence-electron chi connectivity index (χ2n) is 5.08. The summed E-state index contributed by atoms with van der Waals surface area (Å²) < 4.78 is 6.03. The molecule has 0 bridgehead atoms. The molecule has 2 rings (SSSR count). The standard InChI is InChI=1S/C17H18BrNO3S/c1-11(12-5-7-15(22-2)13(18)10-12)19-17(21)8-6-14(20)16-4-3-9-23-16/h3-5,7,9-11H,6,8H2,1-2H3,(H,19,21)/t11-/m1/s1. The monoisotopic (exact) mass is 395 g/mol.